The molecule has 7 heteroatoms. The minimum atomic E-state index is -1.27. The van der Waals surface area contributed by atoms with Crippen LogP contribution >= 0.6 is 0 Å². The van der Waals surface area contributed by atoms with E-state index in [-0.39, 0.29) is 24.3 Å². The van der Waals surface area contributed by atoms with Crippen molar-refractivity contribution in [1.29, 1.82) is 5.26 Å². The normalized spacial score (nSPS) is 16.1. The number of H-pyrrole nitrogens is 1. The molecule has 2 atom stereocenters. The van der Waals surface area contributed by atoms with E-state index in [2.05, 4.69) is 26.7 Å². The average molecular weight is 520 g/mol. The zero-order valence-corrected chi connectivity index (χ0v) is 22.1. The Morgan fingerprint density at radius 1 is 1.08 bits per heavy atom. The van der Waals surface area contributed by atoms with Crippen LogP contribution in [0.3, 0.4) is 0 Å². The first-order valence-corrected chi connectivity index (χ1v) is 13.6. The number of nitriles is 1. The number of aromatic amines is 1. The fourth-order valence-electron chi connectivity index (χ4n) is 5.65. The van der Waals surface area contributed by atoms with Crippen LogP contribution < -0.4 is 10.6 Å². The maximum Gasteiger partial charge on any atom is 0.252 e. The third kappa shape index (κ3) is 5.85. The third-order valence-electron chi connectivity index (χ3n) is 7.78. The number of amides is 2. The fourth-order valence-corrected chi connectivity index (χ4v) is 5.65. The van der Waals surface area contributed by atoms with Gasteiger partial charge in [-0.2, -0.15) is 5.26 Å². The molecule has 2 amide bonds. The van der Waals surface area contributed by atoms with E-state index < -0.39 is 11.4 Å². The highest BCUT2D eigenvalue weighted by Gasteiger charge is 2.39. The molecule has 0 bridgehead atoms. The molecule has 0 aliphatic heterocycles. The molecule has 39 heavy (non-hydrogen) atoms. The van der Waals surface area contributed by atoms with Gasteiger partial charge in [-0.1, -0.05) is 49.6 Å². The smallest absolute Gasteiger partial charge is 0.252 e. The number of pyridine rings is 1. The molecule has 2 aromatic heterocycles. The maximum atomic E-state index is 14.2. The Hall–Kier alpha value is -4.44. The van der Waals surface area contributed by atoms with Crippen LogP contribution in [0.5, 0.6) is 0 Å². The number of carbonyl (C=O) groups excluding carboxylic acids is 2. The van der Waals surface area contributed by atoms with Crippen molar-refractivity contribution in [1.82, 2.24) is 20.6 Å². The van der Waals surface area contributed by atoms with Crippen molar-refractivity contribution < 1.29 is 9.59 Å². The Balaban J connectivity index is 1.48. The summed E-state index contributed by atoms with van der Waals surface area (Å²) in [6.45, 7) is 1.77. The molecule has 198 valence electrons. The summed E-state index contributed by atoms with van der Waals surface area (Å²) in [5.74, 6) is -0.395. The standard InChI is InChI=1S/C32H33N5O2/c1-32(19-25-21-35-27-15-6-5-14-26(25)27,37-30(38)24-13-9-10-22(18-24)20-33)31(39)36-29(23-11-3-2-4-12-23)28-16-7-8-17-34-28/h5-10,13-18,21,23,29,35H,2-4,11-12,19H2,1H3,(H,36,39)(H,37,38)/t29?,32-/m0/s1. The number of hydrogen-bond acceptors (Lipinski definition) is 4. The van der Waals surface area contributed by atoms with Gasteiger partial charge >= 0.3 is 0 Å². The van der Waals surface area contributed by atoms with Crippen molar-refractivity contribution in [2.75, 3.05) is 0 Å². The Morgan fingerprint density at radius 3 is 2.64 bits per heavy atom. The van der Waals surface area contributed by atoms with Gasteiger partial charge in [0.25, 0.3) is 5.91 Å². The van der Waals surface area contributed by atoms with Gasteiger partial charge in [0.2, 0.25) is 5.91 Å². The van der Waals surface area contributed by atoms with E-state index in [9.17, 15) is 14.9 Å². The molecule has 4 aromatic rings. The number of hydrogen-bond donors (Lipinski definition) is 3. The van der Waals surface area contributed by atoms with Gasteiger partial charge < -0.3 is 15.6 Å². The summed E-state index contributed by atoms with van der Waals surface area (Å²) in [6, 6.07) is 22.0. The third-order valence-corrected chi connectivity index (χ3v) is 7.78. The summed E-state index contributed by atoms with van der Waals surface area (Å²) < 4.78 is 0. The number of nitrogens with one attached hydrogen (secondary N) is 3. The second-order valence-corrected chi connectivity index (χ2v) is 10.6. The first-order chi connectivity index (χ1) is 19.0. The van der Waals surface area contributed by atoms with E-state index in [0.717, 1.165) is 47.8 Å². The van der Waals surface area contributed by atoms with Gasteiger partial charge in [0.05, 0.1) is 23.4 Å². The number of fused-ring (bicyclic) bond motifs is 1. The first-order valence-electron chi connectivity index (χ1n) is 13.6. The fraction of sp³-hybridized carbons (Fsp3) is 0.312. The topological polar surface area (TPSA) is 111 Å². The number of para-hydroxylation sites is 1. The maximum absolute atomic E-state index is 14.2. The summed E-state index contributed by atoms with van der Waals surface area (Å²) in [5, 5.41) is 16.7. The molecule has 7 nitrogen and oxygen atoms in total. The quantitative estimate of drug-likeness (QED) is 0.281. The van der Waals surface area contributed by atoms with Gasteiger partial charge in [-0.25, -0.2) is 0 Å². The highest BCUT2D eigenvalue weighted by Crippen LogP contribution is 2.34. The molecular formula is C32H33N5O2. The van der Waals surface area contributed by atoms with E-state index in [1.807, 2.05) is 48.7 Å². The van der Waals surface area contributed by atoms with Gasteiger partial charge in [0.15, 0.2) is 0 Å². The highest BCUT2D eigenvalue weighted by molar-refractivity contribution is 6.00. The second-order valence-electron chi connectivity index (χ2n) is 10.6. The molecule has 1 aliphatic carbocycles. The molecule has 3 N–H and O–H groups in total. The molecule has 0 radical (unpaired) electrons. The lowest BCUT2D eigenvalue weighted by atomic mass is 9.81. The second kappa shape index (κ2) is 11.5. The molecule has 1 aliphatic rings. The Bertz CT molecular complexity index is 1500. The molecule has 2 aromatic carbocycles. The number of benzene rings is 2. The summed E-state index contributed by atoms with van der Waals surface area (Å²) >= 11 is 0. The molecule has 1 unspecified atom stereocenters. The SMILES string of the molecule is C[C@@](Cc1c[nH]c2ccccc12)(NC(=O)c1cccc(C#N)c1)C(=O)NC(c1ccccn1)C1CCCCC1. The Morgan fingerprint density at radius 2 is 1.87 bits per heavy atom. The van der Waals surface area contributed by atoms with Crippen molar-refractivity contribution in [3.8, 4) is 6.07 Å². The summed E-state index contributed by atoms with van der Waals surface area (Å²) in [5.41, 5.74) is 2.18. The van der Waals surface area contributed by atoms with E-state index in [1.54, 1.807) is 31.3 Å². The predicted octanol–water partition coefficient (Wildman–Crippen LogP) is 5.60. The Kier molecular flexibility index (Phi) is 7.74. The first kappa shape index (κ1) is 26.2. The van der Waals surface area contributed by atoms with E-state index >= 15 is 0 Å². The lowest BCUT2D eigenvalue weighted by Crippen LogP contribution is -2.59. The lowest BCUT2D eigenvalue weighted by molar-refractivity contribution is -0.128. The summed E-state index contributed by atoms with van der Waals surface area (Å²) in [4.78, 5) is 35.6. The summed E-state index contributed by atoms with van der Waals surface area (Å²) in [6.07, 6.45) is 9.44. The number of nitrogens with zero attached hydrogens (tertiary/aromatic N) is 2. The Labute approximate surface area is 228 Å². The average Bonchev–Trinajstić information content (AvgIpc) is 3.39. The lowest BCUT2D eigenvalue weighted by Gasteiger charge is -2.35. The van der Waals surface area contributed by atoms with Crippen LogP contribution in [-0.4, -0.2) is 27.3 Å². The van der Waals surface area contributed by atoms with Gasteiger partial charge in [0.1, 0.15) is 5.54 Å². The number of rotatable bonds is 8. The van der Waals surface area contributed by atoms with Crippen LogP contribution in [0.25, 0.3) is 10.9 Å². The predicted molar refractivity (Wildman–Crippen MR) is 151 cm³/mol. The minimum Gasteiger partial charge on any atom is -0.361 e. The van der Waals surface area contributed by atoms with Crippen LogP contribution in [-0.2, 0) is 11.2 Å². The minimum absolute atomic E-state index is 0.250. The van der Waals surface area contributed by atoms with Crippen LogP contribution in [0.15, 0.2) is 79.1 Å². The molecule has 2 heterocycles. The van der Waals surface area contributed by atoms with Gasteiger partial charge in [0, 0.05) is 35.3 Å². The van der Waals surface area contributed by atoms with Crippen LogP contribution in [0.1, 0.15) is 72.2 Å². The van der Waals surface area contributed by atoms with E-state index in [4.69, 9.17) is 0 Å². The van der Waals surface area contributed by atoms with Crippen molar-refractivity contribution >= 4 is 22.7 Å². The highest BCUT2D eigenvalue weighted by atomic mass is 16.2. The molecule has 5 rings (SSSR count). The zero-order valence-electron chi connectivity index (χ0n) is 22.1. The number of carbonyl (C=O) groups is 2. The molecule has 1 fully saturated rings. The largest absolute Gasteiger partial charge is 0.361 e. The van der Waals surface area contributed by atoms with E-state index in [0.29, 0.717) is 11.1 Å². The van der Waals surface area contributed by atoms with Gasteiger partial charge in [-0.15, -0.1) is 0 Å². The molecule has 1 saturated carbocycles. The van der Waals surface area contributed by atoms with Crippen LogP contribution in [0.2, 0.25) is 0 Å². The number of aromatic nitrogens is 2. The van der Waals surface area contributed by atoms with E-state index in [1.165, 1.54) is 12.5 Å². The van der Waals surface area contributed by atoms with Crippen molar-refractivity contribution in [2.24, 2.45) is 5.92 Å². The van der Waals surface area contributed by atoms with Gasteiger partial charge in [-0.3, -0.25) is 14.6 Å². The van der Waals surface area contributed by atoms with Crippen LogP contribution in [0.4, 0.5) is 0 Å². The van der Waals surface area contributed by atoms with Gasteiger partial charge in [-0.05, 0) is 67.6 Å². The summed E-state index contributed by atoms with van der Waals surface area (Å²) in [7, 11) is 0. The van der Waals surface area contributed by atoms with Crippen molar-refractivity contribution in [3.63, 3.8) is 0 Å². The van der Waals surface area contributed by atoms with Crippen molar-refractivity contribution in [2.45, 2.75) is 57.0 Å². The molecule has 0 saturated heterocycles. The monoisotopic (exact) mass is 519 g/mol. The molecule has 0 spiro atoms. The van der Waals surface area contributed by atoms with Crippen LogP contribution in [0, 0.1) is 17.2 Å². The zero-order chi connectivity index (χ0) is 27.2. The molecular weight excluding hydrogens is 486 g/mol. The van der Waals surface area contributed by atoms with Crippen molar-refractivity contribution in [3.05, 3.63) is 102 Å².